The van der Waals surface area contributed by atoms with Crippen LogP contribution in [0.4, 0.5) is 0 Å². The lowest BCUT2D eigenvalue weighted by Crippen LogP contribution is -2.23. The minimum atomic E-state index is 0.00533. The van der Waals surface area contributed by atoms with Crippen LogP contribution in [0, 0.1) is 0 Å². The minimum Gasteiger partial charge on any atom is -0.493 e. The Bertz CT molecular complexity index is 935. The van der Waals surface area contributed by atoms with Gasteiger partial charge in [0.15, 0.2) is 5.16 Å². The van der Waals surface area contributed by atoms with E-state index in [4.69, 9.17) is 9.47 Å². The number of ether oxygens (including phenoxy) is 2. The summed E-state index contributed by atoms with van der Waals surface area (Å²) in [6, 6.07) is 19.7. The van der Waals surface area contributed by atoms with Crippen LogP contribution in [0.2, 0.25) is 0 Å². The highest BCUT2D eigenvalue weighted by atomic mass is 32.2. The molecule has 0 bridgehead atoms. The number of aromatic nitrogens is 3. The molecule has 1 aromatic heterocycles. The summed E-state index contributed by atoms with van der Waals surface area (Å²) in [5.41, 5.74) is 1.08. The molecule has 3 aromatic rings. The summed E-state index contributed by atoms with van der Waals surface area (Å²) in [5.74, 6) is 2.44. The Morgan fingerprint density at radius 2 is 1.78 bits per heavy atom. The number of rotatable bonds is 14. The quantitative estimate of drug-likeness (QED) is 0.295. The molecule has 0 aliphatic heterocycles. The number of nitrogens with zero attached hydrogens (tertiary/aromatic N) is 3. The fourth-order valence-electron chi connectivity index (χ4n) is 3.12. The number of benzene rings is 2. The summed E-state index contributed by atoms with van der Waals surface area (Å²) in [4.78, 5) is 12.3. The SMILES string of the molecule is COCCCn1c(CCC(=O)NCc2ccccc2)nnc1SCCOc1ccccc1. The number of hydrogen-bond acceptors (Lipinski definition) is 6. The number of hydrogen-bond donors (Lipinski definition) is 1. The Morgan fingerprint density at radius 3 is 2.53 bits per heavy atom. The fourth-order valence-corrected chi connectivity index (χ4v) is 3.92. The summed E-state index contributed by atoms with van der Waals surface area (Å²) in [7, 11) is 1.70. The molecule has 0 spiro atoms. The molecule has 32 heavy (non-hydrogen) atoms. The third kappa shape index (κ3) is 8.01. The topological polar surface area (TPSA) is 78.3 Å². The van der Waals surface area contributed by atoms with Crippen LogP contribution in [0.25, 0.3) is 0 Å². The van der Waals surface area contributed by atoms with Gasteiger partial charge in [-0.25, -0.2) is 0 Å². The van der Waals surface area contributed by atoms with Crippen molar-refractivity contribution in [3.63, 3.8) is 0 Å². The molecule has 0 fully saturated rings. The Hall–Kier alpha value is -2.84. The van der Waals surface area contributed by atoms with Gasteiger partial charge in [-0.1, -0.05) is 60.3 Å². The zero-order chi connectivity index (χ0) is 22.4. The molecule has 0 aliphatic carbocycles. The molecule has 1 heterocycles. The highest BCUT2D eigenvalue weighted by Gasteiger charge is 2.14. The first-order chi connectivity index (χ1) is 15.8. The van der Waals surface area contributed by atoms with E-state index in [-0.39, 0.29) is 5.91 Å². The van der Waals surface area contributed by atoms with E-state index in [2.05, 4.69) is 20.1 Å². The summed E-state index contributed by atoms with van der Waals surface area (Å²) in [6.45, 7) is 2.53. The highest BCUT2D eigenvalue weighted by Crippen LogP contribution is 2.19. The lowest BCUT2D eigenvalue weighted by atomic mass is 10.2. The van der Waals surface area contributed by atoms with E-state index in [0.29, 0.717) is 32.6 Å². The van der Waals surface area contributed by atoms with Gasteiger partial charge in [0.25, 0.3) is 0 Å². The molecule has 170 valence electrons. The average Bonchev–Trinajstić information content (AvgIpc) is 3.22. The fraction of sp³-hybridized carbons (Fsp3) is 0.375. The smallest absolute Gasteiger partial charge is 0.220 e. The second kappa shape index (κ2) is 13.5. The van der Waals surface area contributed by atoms with Crippen molar-refractivity contribution in [3.8, 4) is 5.75 Å². The zero-order valence-electron chi connectivity index (χ0n) is 18.4. The van der Waals surface area contributed by atoms with Crippen LogP contribution < -0.4 is 10.1 Å². The summed E-state index contributed by atoms with van der Waals surface area (Å²) in [5, 5.41) is 12.5. The van der Waals surface area contributed by atoms with E-state index in [1.54, 1.807) is 18.9 Å². The third-order valence-corrected chi connectivity index (χ3v) is 5.69. The molecule has 1 N–H and O–H groups in total. The molecule has 0 saturated carbocycles. The highest BCUT2D eigenvalue weighted by molar-refractivity contribution is 7.99. The van der Waals surface area contributed by atoms with Gasteiger partial charge in [-0.3, -0.25) is 4.79 Å². The largest absolute Gasteiger partial charge is 0.493 e. The molecule has 3 rings (SSSR count). The maximum Gasteiger partial charge on any atom is 0.220 e. The predicted octanol–water partition coefficient (Wildman–Crippen LogP) is 3.73. The number of carbonyl (C=O) groups excluding carboxylic acids is 1. The first-order valence-electron chi connectivity index (χ1n) is 10.8. The molecule has 0 atom stereocenters. The number of thioether (sulfide) groups is 1. The Labute approximate surface area is 193 Å². The number of nitrogens with one attached hydrogen (secondary N) is 1. The Kier molecular flexibility index (Phi) is 10.1. The summed E-state index contributed by atoms with van der Waals surface area (Å²) in [6.07, 6.45) is 1.77. The van der Waals surface area contributed by atoms with Gasteiger partial charge < -0.3 is 19.4 Å². The average molecular weight is 455 g/mol. The monoisotopic (exact) mass is 454 g/mol. The van der Waals surface area contributed by atoms with E-state index in [0.717, 1.165) is 41.0 Å². The van der Waals surface area contributed by atoms with Gasteiger partial charge in [0.2, 0.25) is 5.91 Å². The number of amides is 1. The number of carbonyl (C=O) groups is 1. The van der Waals surface area contributed by atoms with E-state index >= 15 is 0 Å². The van der Waals surface area contributed by atoms with Gasteiger partial charge in [-0.2, -0.15) is 0 Å². The molecule has 0 saturated heterocycles. The first-order valence-corrected chi connectivity index (χ1v) is 11.8. The predicted molar refractivity (Wildman–Crippen MR) is 126 cm³/mol. The van der Waals surface area contributed by atoms with Crippen LogP contribution in [0.1, 0.15) is 24.2 Å². The molecule has 8 heteroatoms. The maximum absolute atomic E-state index is 12.3. The number of aryl methyl sites for hydroxylation is 1. The van der Waals surface area contributed by atoms with Crippen molar-refractivity contribution in [2.24, 2.45) is 0 Å². The second-order valence-corrected chi connectivity index (χ2v) is 8.23. The van der Waals surface area contributed by atoms with Crippen LogP contribution in [0.15, 0.2) is 65.8 Å². The van der Waals surface area contributed by atoms with Crippen molar-refractivity contribution < 1.29 is 14.3 Å². The minimum absolute atomic E-state index is 0.00533. The van der Waals surface area contributed by atoms with Crippen molar-refractivity contribution in [2.45, 2.75) is 37.5 Å². The molecule has 0 radical (unpaired) electrons. The van der Waals surface area contributed by atoms with E-state index in [1.807, 2.05) is 60.7 Å². The molecule has 0 aliphatic rings. The van der Waals surface area contributed by atoms with Crippen molar-refractivity contribution in [1.82, 2.24) is 20.1 Å². The molecule has 7 nitrogen and oxygen atoms in total. The standard InChI is InChI=1S/C24H30N4O3S/c1-30-16-8-15-28-22(13-14-23(29)25-19-20-9-4-2-5-10-20)26-27-24(28)32-18-17-31-21-11-6-3-7-12-21/h2-7,9-12H,8,13-19H2,1H3,(H,25,29). The van der Waals surface area contributed by atoms with Gasteiger partial charge in [0.05, 0.1) is 6.61 Å². The molecule has 0 unspecified atom stereocenters. The normalized spacial score (nSPS) is 10.8. The number of methoxy groups -OCH3 is 1. The lowest BCUT2D eigenvalue weighted by molar-refractivity contribution is -0.121. The summed E-state index contributed by atoms with van der Waals surface area (Å²) >= 11 is 1.61. The zero-order valence-corrected chi connectivity index (χ0v) is 19.2. The van der Waals surface area contributed by atoms with Gasteiger partial charge in [-0.05, 0) is 24.1 Å². The second-order valence-electron chi connectivity index (χ2n) is 7.17. The van der Waals surface area contributed by atoms with Gasteiger partial charge in [0.1, 0.15) is 11.6 Å². The van der Waals surface area contributed by atoms with Crippen molar-refractivity contribution in [2.75, 3.05) is 26.1 Å². The maximum atomic E-state index is 12.3. The van der Waals surface area contributed by atoms with Crippen LogP contribution in [-0.2, 0) is 29.0 Å². The van der Waals surface area contributed by atoms with Crippen molar-refractivity contribution in [3.05, 3.63) is 72.1 Å². The molecular formula is C24H30N4O3S. The summed E-state index contributed by atoms with van der Waals surface area (Å²) < 4.78 is 13.1. The third-order valence-electron chi connectivity index (χ3n) is 4.76. The lowest BCUT2D eigenvalue weighted by Gasteiger charge is -2.11. The van der Waals surface area contributed by atoms with Crippen LogP contribution >= 0.6 is 11.8 Å². The van der Waals surface area contributed by atoms with E-state index in [1.165, 1.54) is 0 Å². The van der Waals surface area contributed by atoms with E-state index in [9.17, 15) is 4.79 Å². The first kappa shape index (κ1) is 23.8. The van der Waals surface area contributed by atoms with Crippen molar-refractivity contribution in [1.29, 1.82) is 0 Å². The molecular weight excluding hydrogens is 424 g/mol. The Morgan fingerprint density at radius 1 is 1.03 bits per heavy atom. The van der Waals surface area contributed by atoms with Gasteiger partial charge in [0, 0.05) is 45.4 Å². The molecule has 1 amide bonds. The van der Waals surface area contributed by atoms with Crippen LogP contribution in [0.5, 0.6) is 5.75 Å². The number of para-hydroxylation sites is 1. The van der Waals surface area contributed by atoms with Crippen LogP contribution in [0.3, 0.4) is 0 Å². The van der Waals surface area contributed by atoms with Gasteiger partial charge in [-0.15, -0.1) is 10.2 Å². The van der Waals surface area contributed by atoms with E-state index < -0.39 is 0 Å². The molecule has 2 aromatic carbocycles. The van der Waals surface area contributed by atoms with Crippen molar-refractivity contribution >= 4 is 17.7 Å². The Balaban J connectivity index is 1.50. The van der Waals surface area contributed by atoms with Gasteiger partial charge >= 0.3 is 0 Å². The van der Waals surface area contributed by atoms with Crippen LogP contribution in [-0.4, -0.2) is 46.7 Å².